The maximum atomic E-state index is 11.5. The van der Waals surface area contributed by atoms with E-state index in [0.29, 0.717) is 11.6 Å². The summed E-state index contributed by atoms with van der Waals surface area (Å²) in [6, 6.07) is 5.04. The molecule has 3 N–H and O–H groups in total. The van der Waals surface area contributed by atoms with Crippen molar-refractivity contribution in [2.75, 3.05) is 18.8 Å². The Balaban J connectivity index is 2.18. The van der Waals surface area contributed by atoms with E-state index in [9.17, 15) is 4.79 Å². The minimum atomic E-state index is -0.327. The van der Waals surface area contributed by atoms with Crippen molar-refractivity contribution >= 4 is 21.6 Å². The lowest BCUT2D eigenvalue weighted by molar-refractivity contribution is 0.458. The molecule has 1 saturated heterocycles. The van der Waals surface area contributed by atoms with E-state index < -0.39 is 0 Å². The Hall–Kier alpha value is -1.66. The molecule has 2 aromatic rings. The molecule has 1 aliphatic rings. The summed E-state index contributed by atoms with van der Waals surface area (Å²) in [5.74, 6) is 0.654. The van der Waals surface area contributed by atoms with Gasteiger partial charge in [-0.2, -0.15) is 4.98 Å². The fraction of sp³-hybridized carbons (Fsp3) is 0.333. The van der Waals surface area contributed by atoms with Gasteiger partial charge in [-0.1, -0.05) is 15.9 Å². The number of nitrogens with two attached hydrogens (primary N) is 1. The van der Waals surface area contributed by atoms with Crippen molar-refractivity contribution in [3.05, 3.63) is 44.9 Å². The van der Waals surface area contributed by atoms with Crippen LogP contribution < -0.4 is 16.6 Å². The first kappa shape index (κ1) is 14.3. The lowest BCUT2D eigenvalue weighted by Crippen LogP contribution is -2.27. The molecule has 5 nitrogen and oxygen atoms in total. The first-order valence-electron chi connectivity index (χ1n) is 6.91. The number of piperidine rings is 1. The Kier molecular flexibility index (Phi) is 4.07. The van der Waals surface area contributed by atoms with Crippen LogP contribution in [0.5, 0.6) is 0 Å². The van der Waals surface area contributed by atoms with Gasteiger partial charge in [-0.3, -0.25) is 4.79 Å². The van der Waals surface area contributed by atoms with E-state index in [1.165, 1.54) is 12.3 Å². The second-order valence-electron chi connectivity index (χ2n) is 5.13. The van der Waals surface area contributed by atoms with Crippen LogP contribution in [0.4, 0.5) is 5.69 Å². The molecule has 0 amide bonds. The van der Waals surface area contributed by atoms with E-state index in [-0.39, 0.29) is 11.4 Å². The van der Waals surface area contributed by atoms with Gasteiger partial charge in [-0.25, -0.2) is 0 Å². The average molecular weight is 350 g/mol. The Labute approximate surface area is 130 Å². The van der Waals surface area contributed by atoms with Crippen LogP contribution in [0, 0.1) is 0 Å². The summed E-state index contributed by atoms with van der Waals surface area (Å²) in [6.07, 6.45) is 3.40. The smallest absolute Gasteiger partial charge is 0.276 e. The highest BCUT2D eigenvalue weighted by Crippen LogP contribution is 2.41. The van der Waals surface area contributed by atoms with Crippen LogP contribution in [0.3, 0.4) is 0 Å². The van der Waals surface area contributed by atoms with Gasteiger partial charge in [-0.05, 0) is 49.5 Å². The van der Waals surface area contributed by atoms with E-state index in [0.717, 1.165) is 41.5 Å². The van der Waals surface area contributed by atoms with Gasteiger partial charge in [0.15, 0.2) is 0 Å². The largest absolute Gasteiger partial charge is 0.446 e. The number of nitrogen functional groups attached to an aromatic ring is 1. The third kappa shape index (κ3) is 2.87. The summed E-state index contributed by atoms with van der Waals surface area (Å²) in [5.41, 5.74) is 8.20. The summed E-state index contributed by atoms with van der Waals surface area (Å²) < 4.78 is 6.41. The molecule has 1 fully saturated rings. The third-order valence-electron chi connectivity index (χ3n) is 3.79. The predicted molar refractivity (Wildman–Crippen MR) is 85.2 cm³/mol. The molecule has 0 saturated carbocycles. The molecule has 0 unspecified atom stereocenters. The number of benzene rings is 1. The SMILES string of the molecule is Nc1ccc(Br)c(C2CCNCC2)c1-c1nc(=O)cco1. The molecule has 2 heterocycles. The topological polar surface area (TPSA) is 81.1 Å². The summed E-state index contributed by atoms with van der Waals surface area (Å²) in [4.78, 5) is 15.5. The van der Waals surface area contributed by atoms with E-state index in [1.807, 2.05) is 6.07 Å². The molecular formula is C15H16BrN3O2. The van der Waals surface area contributed by atoms with Crippen molar-refractivity contribution in [1.29, 1.82) is 0 Å². The second kappa shape index (κ2) is 5.99. The molecule has 6 heteroatoms. The van der Waals surface area contributed by atoms with Crippen LogP contribution in [0.2, 0.25) is 0 Å². The van der Waals surface area contributed by atoms with E-state index in [2.05, 4.69) is 26.2 Å². The number of nitrogens with one attached hydrogen (secondary N) is 1. The van der Waals surface area contributed by atoms with Crippen LogP contribution in [-0.2, 0) is 0 Å². The van der Waals surface area contributed by atoms with Crippen LogP contribution in [0.25, 0.3) is 11.5 Å². The van der Waals surface area contributed by atoms with Gasteiger partial charge in [0.25, 0.3) is 5.56 Å². The first-order valence-corrected chi connectivity index (χ1v) is 7.71. The molecule has 110 valence electrons. The van der Waals surface area contributed by atoms with Crippen molar-refractivity contribution < 1.29 is 4.42 Å². The van der Waals surface area contributed by atoms with Crippen LogP contribution >= 0.6 is 15.9 Å². The van der Waals surface area contributed by atoms with Crippen molar-refractivity contribution in [2.45, 2.75) is 18.8 Å². The molecule has 0 bridgehead atoms. The average Bonchev–Trinajstić information content (AvgIpc) is 2.50. The highest BCUT2D eigenvalue weighted by Gasteiger charge is 2.24. The van der Waals surface area contributed by atoms with Gasteiger partial charge in [0.1, 0.15) is 0 Å². The zero-order valence-electron chi connectivity index (χ0n) is 11.4. The number of nitrogens with zero attached hydrogens (tertiary/aromatic N) is 1. The molecule has 1 aliphatic heterocycles. The fourth-order valence-corrected chi connectivity index (χ4v) is 3.45. The van der Waals surface area contributed by atoms with Gasteiger partial charge in [0, 0.05) is 16.2 Å². The van der Waals surface area contributed by atoms with Crippen molar-refractivity contribution in [1.82, 2.24) is 10.3 Å². The molecule has 21 heavy (non-hydrogen) atoms. The molecule has 0 spiro atoms. The zero-order chi connectivity index (χ0) is 14.8. The number of aromatic nitrogens is 1. The molecule has 0 radical (unpaired) electrons. The van der Waals surface area contributed by atoms with Crippen molar-refractivity contribution in [2.24, 2.45) is 0 Å². The second-order valence-corrected chi connectivity index (χ2v) is 5.98. The molecule has 0 atom stereocenters. The lowest BCUT2D eigenvalue weighted by atomic mass is 9.86. The Morgan fingerprint density at radius 1 is 1.29 bits per heavy atom. The highest BCUT2D eigenvalue weighted by molar-refractivity contribution is 9.10. The summed E-state index contributed by atoms with van der Waals surface area (Å²) in [5, 5.41) is 3.35. The number of hydrogen-bond acceptors (Lipinski definition) is 5. The summed E-state index contributed by atoms with van der Waals surface area (Å²) >= 11 is 3.61. The lowest BCUT2D eigenvalue weighted by Gasteiger charge is -2.26. The maximum absolute atomic E-state index is 11.5. The quantitative estimate of drug-likeness (QED) is 0.814. The van der Waals surface area contributed by atoms with E-state index >= 15 is 0 Å². The van der Waals surface area contributed by atoms with Gasteiger partial charge >= 0.3 is 0 Å². The van der Waals surface area contributed by atoms with Gasteiger partial charge < -0.3 is 15.5 Å². The highest BCUT2D eigenvalue weighted by atomic mass is 79.9. The maximum Gasteiger partial charge on any atom is 0.276 e. The van der Waals surface area contributed by atoms with Crippen molar-refractivity contribution in [3.8, 4) is 11.5 Å². The van der Waals surface area contributed by atoms with Crippen LogP contribution in [-0.4, -0.2) is 18.1 Å². The monoisotopic (exact) mass is 349 g/mol. The summed E-state index contributed by atoms with van der Waals surface area (Å²) in [7, 11) is 0. The minimum Gasteiger partial charge on any atom is -0.446 e. The summed E-state index contributed by atoms with van der Waals surface area (Å²) in [6.45, 7) is 1.94. The van der Waals surface area contributed by atoms with Crippen molar-refractivity contribution in [3.63, 3.8) is 0 Å². The van der Waals surface area contributed by atoms with Crippen LogP contribution in [0.15, 0.2) is 38.1 Å². The number of rotatable bonds is 2. The zero-order valence-corrected chi connectivity index (χ0v) is 13.0. The molecule has 0 aliphatic carbocycles. The van der Waals surface area contributed by atoms with Gasteiger partial charge in [0.2, 0.25) is 5.89 Å². The number of anilines is 1. The molecule has 1 aromatic carbocycles. The standard InChI is InChI=1S/C15H16BrN3O2/c16-10-1-2-11(17)14(15-19-12(20)5-8-21-15)13(10)9-3-6-18-7-4-9/h1-2,5,8-9,18H,3-4,6-7,17H2. The molecule has 1 aromatic heterocycles. The minimum absolute atomic E-state index is 0.287. The van der Waals surface area contributed by atoms with E-state index in [1.54, 1.807) is 6.07 Å². The fourth-order valence-electron chi connectivity index (χ4n) is 2.79. The Morgan fingerprint density at radius 3 is 2.76 bits per heavy atom. The molecule has 3 rings (SSSR count). The van der Waals surface area contributed by atoms with Gasteiger partial charge in [0.05, 0.1) is 11.8 Å². The Morgan fingerprint density at radius 2 is 2.05 bits per heavy atom. The normalized spacial score (nSPS) is 16.0. The third-order valence-corrected chi connectivity index (χ3v) is 4.48. The Bertz CT molecular complexity index is 708. The number of halogens is 1. The van der Waals surface area contributed by atoms with Gasteiger partial charge in [-0.15, -0.1) is 0 Å². The number of hydrogen-bond donors (Lipinski definition) is 2. The molecular weight excluding hydrogens is 334 g/mol. The predicted octanol–water partition coefficient (Wildman–Crippen LogP) is 2.51. The van der Waals surface area contributed by atoms with Crippen LogP contribution in [0.1, 0.15) is 24.3 Å². The van der Waals surface area contributed by atoms with E-state index in [4.69, 9.17) is 10.2 Å². The first-order chi connectivity index (χ1) is 10.2.